The van der Waals surface area contributed by atoms with E-state index in [1.807, 2.05) is 6.92 Å². The average molecular weight is 214 g/mol. The second kappa shape index (κ2) is 6.08. The maximum Gasteiger partial charge on any atom is 0.244 e. The van der Waals surface area contributed by atoms with Crippen molar-refractivity contribution in [1.82, 2.24) is 5.48 Å². The van der Waals surface area contributed by atoms with Crippen LogP contribution in [-0.4, -0.2) is 19.1 Å². The Balaban J connectivity index is 2.40. The molecule has 4 nitrogen and oxygen atoms in total. The maximum absolute atomic E-state index is 11.5. The molecule has 1 aliphatic rings. The first kappa shape index (κ1) is 12.5. The van der Waals surface area contributed by atoms with Gasteiger partial charge in [-0.3, -0.25) is 9.63 Å². The van der Waals surface area contributed by atoms with Crippen LogP contribution in [-0.2, 0) is 9.63 Å². The van der Waals surface area contributed by atoms with Gasteiger partial charge in [-0.1, -0.05) is 19.3 Å². The highest BCUT2D eigenvalue weighted by molar-refractivity contribution is 5.75. The molecule has 1 rings (SSSR count). The van der Waals surface area contributed by atoms with Gasteiger partial charge in [0.2, 0.25) is 5.91 Å². The largest absolute Gasteiger partial charge is 0.330 e. The van der Waals surface area contributed by atoms with E-state index in [2.05, 4.69) is 5.48 Å². The third-order valence-electron chi connectivity index (χ3n) is 3.21. The van der Waals surface area contributed by atoms with Crippen LogP contribution in [0.3, 0.4) is 0 Å². The molecule has 0 aromatic rings. The summed E-state index contributed by atoms with van der Waals surface area (Å²) in [7, 11) is 0. The molecule has 3 N–H and O–H groups in total. The molecule has 0 heterocycles. The zero-order chi connectivity index (χ0) is 11.1. The molecule has 4 heteroatoms. The van der Waals surface area contributed by atoms with Crippen molar-refractivity contribution >= 4 is 5.91 Å². The maximum atomic E-state index is 11.5. The van der Waals surface area contributed by atoms with Crippen molar-refractivity contribution in [2.75, 3.05) is 13.2 Å². The van der Waals surface area contributed by atoms with Crippen LogP contribution in [0, 0.1) is 5.41 Å². The van der Waals surface area contributed by atoms with E-state index in [4.69, 9.17) is 10.6 Å². The molecule has 0 aromatic heterocycles. The van der Waals surface area contributed by atoms with Crippen LogP contribution >= 0.6 is 0 Å². The standard InChI is InChI=1S/C11H22N2O2/c1-2-15-13-10(14)8-11(9-12)6-4-3-5-7-11/h2-9,12H2,1H3,(H,13,14). The van der Waals surface area contributed by atoms with E-state index in [0.29, 0.717) is 19.6 Å². The third kappa shape index (κ3) is 3.80. The van der Waals surface area contributed by atoms with Crippen LogP contribution in [0.1, 0.15) is 45.4 Å². The Morgan fingerprint density at radius 1 is 1.40 bits per heavy atom. The van der Waals surface area contributed by atoms with E-state index in [9.17, 15) is 4.79 Å². The highest BCUT2D eigenvalue weighted by Gasteiger charge is 2.32. The fourth-order valence-electron chi connectivity index (χ4n) is 2.28. The number of carbonyl (C=O) groups excluding carboxylic acids is 1. The van der Waals surface area contributed by atoms with Gasteiger partial charge >= 0.3 is 0 Å². The van der Waals surface area contributed by atoms with Gasteiger partial charge in [0.15, 0.2) is 0 Å². The first-order valence-electron chi connectivity index (χ1n) is 5.83. The second-order valence-corrected chi connectivity index (χ2v) is 4.40. The summed E-state index contributed by atoms with van der Waals surface area (Å²) < 4.78 is 0. The lowest BCUT2D eigenvalue weighted by molar-refractivity contribution is -0.136. The summed E-state index contributed by atoms with van der Waals surface area (Å²) in [4.78, 5) is 16.4. The molecule has 0 saturated heterocycles. The first-order valence-corrected chi connectivity index (χ1v) is 5.83. The first-order chi connectivity index (χ1) is 7.22. The normalized spacial score (nSPS) is 19.9. The summed E-state index contributed by atoms with van der Waals surface area (Å²) in [5, 5.41) is 0. The lowest BCUT2D eigenvalue weighted by Crippen LogP contribution is -2.38. The van der Waals surface area contributed by atoms with Gasteiger partial charge in [0, 0.05) is 6.42 Å². The van der Waals surface area contributed by atoms with Crippen molar-refractivity contribution in [3.05, 3.63) is 0 Å². The minimum absolute atomic E-state index is 0.0272. The summed E-state index contributed by atoms with van der Waals surface area (Å²) in [5.74, 6) is -0.0378. The van der Waals surface area contributed by atoms with Crippen LogP contribution in [0.15, 0.2) is 0 Å². The van der Waals surface area contributed by atoms with Gasteiger partial charge in [0.1, 0.15) is 0 Å². The molecule has 0 radical (unpaired) electrons. The summed E-state index contributed by atoms with van der Waals surface area (Å²) in [6.07, 6.45) is 6.31. The lowest BCUT2D eigenvalue weighted by Gasteiger charge is -2.35. The number of hydrogen-bond acceptors (Lipinski definition) is 3. The molecule has 0 aliphatic heterocycles. The Labute approximate surface area is 91.5 Å². The summed E-state index contributed by atoms with van der Waals surface area (Å²) >= 11 is 0. The Bertz CT molecular complexity index is 201. The number of nitrogens with two attached hydrogens (primary N) is 1. The molecule has 0 aromatic carbocycles. The van der Waals surface area contributed by atoms with Crippen molar-refractivity contribution in [2.24, 2.45) is 11.1 Å². The van der Waals surface area contributed by atoms with Gasteiger partial charge in [-0.25, -0.2) is 5.48 Å². The fraction of sp³-hybridized carbons (Fsp3) is 0.909. The molecule has 0 spiro atoms. The average Bonchev–Trinajstić information content (AvgIpc) is 2.27. The quantitative estimate of drug-likeness (QED) is 0.679. The molecular weight excluding hydrogens is 192 g/mol. The molecule has 88 valence electrons. The van der Waals surface area contributed by atoms with Gasteiger partial charge in [0.05, 0.1) is 6.61 Å². The van der Waals surface area contributed by atoms with E-state index in [1.165, 1.54) is 19.3 Å². The highest BCUT2D eigenvalue weighted by atomic mass is 16.6. The van der Waals surface area contributed by atoms with Gasteiger partial charge in [-0.05, 0) is 31.7 Å². The molecular formula is C11H22N2O2. The Kier molecular flexibility index (Phi) is 5.05. The van der Waals surface area contributed by atoms with E-state index >= 15 is 0 Å². The predicted molar refractivity (Wildman–Crippen MR) is 59.0 cm³/mol. The third-order valence-corrected chi connectivity index (χ3v) is 3.21. The fourth-order valence-corrected chi connectivity index (χ4v) is 2.28. The van der Waals surface area contributed by atoms with Crippen molar-refractivity contribution < 1.29 is 9.63 Å². The minimum atomic E-state index is -0.0378. The van der Waals surface area contributed by atoms with Gasteiger partial charge < -0.3 is 5.73 Å². The molecule has 0 atom stereocenters. The molecule has 0 unspecified atom stereocenters. The molecule has 0 bridgehead atoms. The van der Waals surface area contributed by atoms with Crippen LogP contribution in [0.5, 0.6) is 0 Å². The monoisotopic (exact) mass is 214 g/mol. The zero-order valence-corrected chi connectivity index (χ0v) is 9.55. The van der Waals surface area contributed by atoms with Crippen molar-refractivity contribution in [1.29, 1.82) is 0 Å². The van der Waals surface area contributed by atoms with Crippen LogP contribution in [0.25, 0.3) is 0 Å². The van der Waals surface area contributed by atoms with Gasteiger partial charge in [0.25, 0.3) is 0 Å². The number of hydroxylamine groups is 1. The second-order valence-electron chi connectivity index (χ2n) is 4.40. The zero-order valence-electron chi connectivity index (χ0n) is 9.55. The number of carbonyl (C=O) groups is 1. The Hall–Kier alpha value is -0.610. The lowest BCUT2D eigenvalue weighted by atomic mass is 9.72. The van der Waals surface area contributed by atoms with Crippen molar-refractivity contribution in [3.8, 4) is 0 Å². The number of hydrogen-bond donors (Lipinski definition) is 2. The Morgan fingerprint density at radius 2 is 2.07 bits per heavy atom. The van der Waals surface area contributed by atoms with E-state index in [-0.39, 0.29) is 11.3 Å². The van der Waals surface area contributed by atoms with Crippen molar-refractivity contribution in [3.63, 3.8) is 0 Å². The van der Waals surface area contributed by atoms with Crippen molar-refractivity contribution in [2.45, 2.75) is 45.4 Å². The van der Waals surface area contributed by atoms with E-state index in [1.54, 1.807) is 0 Å². The Morgan fingerprint density at radius 3 is 2.60 bits per heavy atom. The van der Waals surface area contributed by atoms with Gasteiger partial charge in [-0.2, -0.15) is 0 Å². The van der Waals surface area contributed by atoms with Crippen LogP contribution in [0.4, 0.5) is 0 Å². The number of amides is 1. The van der Waals surface area contributed by atoms with E-state index < -0.39 is 0 Å². The summed E-state index contributed by atoms with van der Waals surface area (Å²) in [5.41, 5.74) is 8.27. The molecule has 1 amide bonds. The number of nitrogens with one attached hydrogen (secondary N) is 1. The molecule has 15 heavy (non-hydrogen) atoms. The topological polar surface area (TPSA) is 64.3 Å². The summed E-state index contributed by atoms with van der Waals surface area (Å²) in [6, 6.07) is 0. The SMILES string of the molecule is CCONC(=O)CC1(CN)CCCCC1. The number of rotatable bonds is 5. The predicted octanol–water partition coefficient (Wildman–Crippen LogP) is 1.35. The molecule has 1 saturated carbocycles. The highest BCUT2D eigenvalue weighted by Crippen LogP contribution is 2.38. The van der Waals surface area contributed by atoms with Gasteiger partial charge in [-0.15, -0.1) is 0 Å². The summed E-state index contributed by atoms with van der Waals surface area (Å²) in [6.45, 7) is 2.95. The smallest absolute Gasteiger partial charge is 0.244 e. The molecule has 1 aliphatic carbocycles. The van der Waals surface area contributed by atoms with E-state index in [0.717, 1.165) is 12.8 Å². The minimum Gasteiger partial charge on any atom is -0.330 e. The molecule has 1 fully saturated rings. The van der Waals surface area contributed by atoms with Crippen LogP contribution in [0.2, 0.25) is 0 Å². The van der Waals surface area contributed by atoms with Crippen LogP contribution < -0.4 is 11.2 Å².